The van der Waals surface area contributed by atoms with Crippen molar-refractivity contribution < 1.29 is 38.0 Å². The topological polar surface area (TPSA) is 89.5 Å². The minimum absolute atomic E-state index is 0.351. The first-order valence-corrected chi connectivity index (χ1v) is 13.0. The molecule has 8 nitrogen and oxygen atoms in total. The van der Waals surface area contributed by atoms with Gasteiger partial charge < -0.3 is 28.4 Å². The van der Waals surface area contributed by atoms with E-state index in [1.54, 1.807) is 66.7 Å². The lowest BCUT2D eigenvalue weighted by Crippen LogP contribution is -2.11. The van der Waals surface area contributed by atoms with Crippen molar-refractivity contribution in [2.24, 2.45) is 0 Å². The fourth-order valence-electron chi connectivity index (χ4n) is 3.53. The summed E-state index contributed by atoms with van der Waals surface area (Å²) >= 11 is 0. The van der Waals surface area contributed by atoms with Crippen LogP contribution in [0.15, 0.2) is 92.4 Å². The van der Waals surface area contributed by atoms with Crippen molar-refractivity contribution in [1.29, 1.82) is 0 Å². The van der Waals surface area contributed by atoms with Crippen molar-refractivity contribution in [2.45, 2.75) is 26.2 Å². The third-order valence-corrected chi connectivity index (χ3v) is 5.59. The molecule has 0 fully saturated rings. The van der Waals surface area contributed by atoms with Crippen LogP contribution in [-0.2, 0) is 15.9 Å². The molecule has 210 valence electrons. The highest BCUT2D eigenvalue weighted by Crippen LogP contribution is 2.27. The summed E-state index contributed by atoms with van der Waals surface area (Å²) in [6, 6.07) is 18.3. The normalized spacial score (nSPS) is 10.2. The van der Waals surface area contributed by atoms with Gasteiger partial charge in [-0.1, -0.05) is 20.1 Å². The van der Waals surface area contributed by atoms with Gasteiger partial charge in [-0.05, 0) is 78.7 Å². The molecule has 0 N–H and O–H groups in total. The molecule has 0 aliphatic heterocycles. The van der Waals surface area contributed by atoms with Crippen LogP contribution in [0.4, 0.5) is 0 Å². The Bertz CT molecular complexity index is 1250. The number of hydrogen-bond acceptors (Lipinski definition) is 8. The van der Waals surface area contributed by atoms with E-state index in [9.17, 15) is 9.59 Å². The molecule has 0 amide bonds. The summed E-state index contributed by atoms with van der Waals surface area (Å²) in [7, 11) is 0. The molecule has 3 rings (SSSR count). The van der Waals surface area contributed by atoms with Gasteiger partial charge in [-0.25, -0.2) is 9.59 Å². The summed E-state index contributed by atoms with van der Waals surface area (Å²) in [5, 5.41) is 0. The third-order valence-electron chi connectivity index (χ3n) is 5.59. The molecule has 3 aromatic carbocycles. The van der Waals surface area contributed by atoms with Crippen molar-refractivity contribution in [3.63, 3.8) is 0 Å². The summed E-state index contributed by atoms with van der Waals surface area (Å²) in [4.78, 5) is 25.4. The molecule has 0 aliphatic carbocycles. The van der Waals surface area contributed by atoms with E-state index in [1.165, 1.54) is 12.5 Å². The molecule has 3 aromatic rings. The molecule has 0 bridgehead atoms. The quantitative estimate of drug-likeness (QED) is 0.0816. The molecule has 0 saturated carbocycles. The first-order valence-electron chi connectivity index (χ1n) is 13.0. The maximum atomic E-state index is 12.7. The predicted octanol–water partition coefficient (Wildman–Crippen LogP) is 6.55. The zero-order valence-corrected chi connectivity index (χ0v) is 22.6. The minimum atomic E-state index is -0.506. The number of carbonyl (C=O) groups is 2. The average Bonchev–Trinajstić information content (AvgIpc) is 2.98. The van der Waals surface area contributed by atoms with Gasteiger partial charge >= 0.3 is 11.9 Å². The zero-order valence-electron chi connectivity index (χ0n) is 22.6. The Morgan fingerprint density at radius 3 is 1.60 bits per heavy atom. The fraction of sp³-hybridized carbons (Fsp3) is 0.250. The van der Waals surface area contributed by atoms with Gasteiger partial charge in [-0.15, -0.1) is 0 Å². The number of carbonyl (C=O) groups excluding carboxylic acids is 2. The van der Waals surface area contributed by atoms with Crippen molar-refractivity contribution in [2.75, 3.05) is 26.4 Å². The second-order valence-corrected chi connectivity index (χ2v) is 8.43. The maximum absolute atomic E-state index is 12.7. The van der Waals surface area contributed by atoms with E-state index in [1.807, 2.05) is 6.92 Å². The van der Waals surface area contributed by atoms with E-state index >= 15 is 0 Å². The lowest BCUT2D eigenvalue weighted by molar-refractivity contribution is 0.0718. The minimum Gasteiger partial charge on any atom is -0.502 e. The fourth-order valence-corrected chi connectivity index (χ4v) is 3.53. The first-order chi connectivity index (χ1) is 19.5. The van der Waals surface area contributed by atoms with Gasteiger partial charge in [0.25, 0.3) is 0 Å². The van der Waals surface area contributed by atoms with Gasteiger partial charge in [0.1, 0.15) is 23.0 Å². The van der Waals surface area contributed by atoms with Gasteiger partial charge in [0.2, 0.25) is 0 Å². The van der Waals surface area contributed by atoms with Gasteiger partial charge in [-0.3, -0.25) is 0 Å². The Hall–Kier alpha value is -4.72. The summed E-state index contributed by atoms with van der Waals surface area (Å²) in [5.74, 6) is 1.03. The second-order valence-electron chi connectivity index (χ2n) is 8.43. The van der Waals surface area contributed by atoms with Crippen LogP contribution in [0.1, 0.15) is 46.0 Å². The molecule has 0 unspecified atom stereocenters. The van der Waals surface area contributed by atoms with Crippen LogP contribution < -0.4 is 18.9 Å². The van der Waals surface area contributed by atoms with Gasteiger partial charge in [-0.2, -0.15) is 0 Å². The number of benzene rings is 3. The number of ether oxygens (including phenoxy) is 6. The van der Waals surface area contributed by atoms with E-state index in [-0.39, 0.29) is 0 Å². The first kappa shape index (κ1) is 29.8. The molecule has 0 spiro atoms. The Morgan fingerprint density at radius 2 is 1.12 bits per heavy atom. The highest BCUT2D eigenvalue weighted by atomic mass is 16.5. The highest BCUT2D eigenvalue weighted by molar-refractivity contribution is 5.92. The van der Waals surface area contributed by atoms with Crippen LogP contribution in [0, 0.1) is 0 Å². The molecule has 40 heavy (non-hydrogen) atoms. The summed E-state index contributed by atoms with van der Waals surface area (Å²) < 4.78 is 32.5. The summed E-state index contributed by atoms with van der Waals surface area (Å²) in [6.45, 7) is 10.9. The Labute approximate surface area is 234 Å². The smallest absolute Gasteiger partial charge is 0.343 e. The molecule has 0 radical (unpaired) electrons. The Balaban J connectivity index is 1.53. The van der Waals surface area contributed by atoms with Crippen LogP contribution in [0.25, 0.3) is 0 Å². The zero-order chi connectivity index (χ0) is 28.6. The van der Waals surface area contributed by atoms with Crippen LogP contribution in [0.2, 0.25) is 0 Å². The maximum Gasteiger partial charge on any atom is 0.343 e. The highest BCUT2D eigenvalue weighted by Gasteiger charge is 2.15. The van der Waals surface area contributed by atoms with Crippen molar-refractivity contribution in [1.82, 2.24) is 0 Å². The third kappa shape index (κ3) is 9.54. The Kier molecular flexibility index (Phi) is 12.1. The van der Waals surface area contributed by atoms with Crippen molar-refractivity contribution in [3.8, 4) is 23.0 Å². The predicted molar refractivity (Wildman–Crippen MR) is 151 cm³/mol. The SMILES string of the molecule is C=COCCCOc1ccc(C(=O)Oc2ccc(OC(=O)c3ccc(OCCCOC=C)cc3)c(CC)c2)cc1. The van der Waals surface area contributed by atoms with E-state index in [4.69, 9.17) is 28.4 Å². The monoisotopic (exact) mass is 546 g/mol. The largest absolute Gasteiger partial charge is 0.502 e. The summed E-state index contributed by atoms with van der Waals surface area (Å²) in [5.41, 5.74) is 1.50. The molecule has 8 heteroatoms. The van der Waals surface area contributed by atoms with Gasteiger partial charge in [0.05, 0.1) is 50.1 Å². The molecular formula is C32H34O8. The average molecular weight is 547 g/mol. The second kappa shape index (κ2) is 16.3. The number of aryl methyl sites for hydroxylation is 1. The standard InChI is InChI=1S/C32H34O8/c1-4-24-23-29(39-31(33)25-9-13-27(14-10-25)37-21-7-19-35-5-2)17-18-30(24)40-32(34)26-11-15-28(16-12-26)38-22-8-20-36-6-3/h5-6,9-18,23H,2-4,7-8,19-22H2,1H3. The molecule has 0 saturated heterocycles. The van der Waals surface area contributed by atoms with Crippen LogP contribution >= 0.6 is 0 Å². The molecular weight excluding hydrogens is 512 g/mol. The lowest BCUT2D eigenvalue weighted by atomic mass is 10.1. The lowest BCUT2D eigenvalue weighted by Gasteiger charge is -2.12. The number of hydrogen-bond donors (Lipinski definition) is 0. The molecule has 0 atom stereocenters. The molecule has 0 aromatic heterocycles. The molecule has 0 aliphatic rings. The number of esters is 2. The van der Waals surface area contributed by atoms with E-state index < -0.39 is 11.9 Å². The van der Waals surface area contributed by atoms with E-state index in [0.717, 1.165) is 18.4 Å². The van der Waals surface area contributed by atoms with E-state index in [0.29, 0.717) is 67.0 Å². The number of rotatable bonds is 17. The van der Waals surface area contributed by atoms with Crippen LogP contribution in [0.5, 0.6) is 23.0 Å². The summed E-state index contributed by atoms with van der Waals surface area (Å²) in [6.07, 6.45) is 4.79. The van der Waals surface area contributed by atoms with Crippen molar-refractivity contribution >= 4 is 11.9 Å². The molecule has 0 heterocycles. The Morgan fingerprint density at radius 1 is 0.650 bits per heavy atom. The van der Waals surface area contributed by atoms with Crippen LogP contribution in [0.3, 0.4) is 0 Å². The van der Waals surface area contributed by atoms with E-state index in [2.05, 4.69) is 13.2 Å². The van der Waals surface area contributed by atoms with Crippen LogP contribution in [-0.4, -0.2) is 38.4 Å². The van der Waals surface area contributed by atoms with Gasteiger partial charge in [0.15, 0.2) is 0 Å². The van der Waals surface area contributed by atoms with Gasteiger partial charge in [0, 0.05) is 12.8 Å². The van der Waals surface area contributed by atoms with Crippen molar-refractivity contribution in [3.05, 3.63) is 109 Å².